The van der Waals surface area contributed by atoms with Crippen LogP contribution in [0.1, 0.15) is 26.7 Å². The molecular formula is C16H20F2N2O2. The summed E-state index contributed by atoms with van der Waals surface area (Å²) in [4.78, 5) is 25.8. The smallest absolute Gasteiger partial charge is 0.227 e. The molecule has 0 bridgehead atoms. The molecule has 1 fully saturated rings. The van der Waals surface area contributed by atoms with Crippen LogP contribution in [0.4, 0.5) is 14.5 Å². The van der Waals surface area contributed by atoms with Crippen LogP contribution in [0.5, 0.6) is 0 Å². The Kier molecular flexibility index (Phi) is 5.11. The van der Waals surface area contributed by atoms with Gasteiger partial charge in [-0.25, -0.2) is 8.78 Å². The first kappa shape index (κ1) is 16.4. The minimum Gasteiger partial charge on any atom is -0.342 e. The van der Waals surface area contributed by atoms with Gasteiger partial charge in [0.05, 0.1) is 0 Å². The Balaban J connectivity index is 1.89. The third kappa shape index (κ3) is 3.81. The Morgan fingerprint density at radius 1 is 1.18 bits per heavy atom. The number of likely N-dealkylation sites (tertiary alicyclic amines) is 1. The average Bonchev–Trinajstić information content (AvgIpc) is 2.50. The summed E-state index contributed by atoms with van der Waals surface area (Å²) in [5, 5.41) is 2.60. The lowest BCUT2D eigenvalue weighted by Gasteiger charge is -2.32. The monoisotopic (exact) mass is 310 g/mol. The number of hydrogen-bond acceptors (Lipinski definition) is 2. The van der Waals surface area contributed by atoms with Crippen LogP contribution in [-0.4, -0.2) is 29.8 Å². The van der Waals surface area contributed by atoms with Crippen molar-refractivity contribution in [2.45, 2.75) is 26.7 Å². The molecule has 1 N–H and O–H groups in total. The number of piperidine rings is 1. The minimum absolute atomic E-state index is 0.0485. The molecule has 1 aromatic carbocycles. The molecule has 2 amide bonds. The van der Waals surface area contributed by atoms with E-state index in [0.717, 1.165) is 12.1 Å². The van der Waals surface area contributed by atoms with Gasteiger partial charge < -0.3 is 10.2 Å². The molecule has 0 atom stereocenters. The predicted octanol–water partition coefficient (Wildman–Crippen LogP) is 2.80. The fourth-order valence-corrected chi connectivity index (χ4v) is 2.55. The molecule has 6 heteroatoms. The number of halogens is 2. The quantitative estimate of drug-likeness (QED) is 0.933. The fourth-order valence-electron chi connectivity index (χ4n) is 2.55. The summed E-state index contributed by atoms with van der Waals surface area (Å²) >= 11 is 0. The van der Waals surface area contributed by atoms with Gasteiger partial charge in [0.25, 0.3) is 0 Å². The van der Waals surface area contributed by atoms with E-state index < -0.39 is 11.6 Å². The maximum Gasteiger partial charge on any atom is 0.227 e. The highest BCUT2D eigenvalue weighted by Crippen LogP contribution is 2.21. The summed E-state index contributed by atoms with van der Waals surface area (Å²) in [6, 6.07) is 3.27. The fraction of sp³-hybridized carbons (Fsp3) is 0.500. The van der Waals surface area contributed by atoms with Crippen LogP contribution in [0.2, 0.25) is 0 Å². The van der Waals surface area contributed by atoms with Crippen LogP contribution in [0.15, 0.2) is 18.2 Å². The van der Waals surface area contributed by atoms with Crippen LogP contribution in [0, 0.1) is 23.5 Å². The summed E-state index contributed by atoms with van der Waals surface area (Å²) in [7, 11) is 0. The van der Waals surface area contributed by atoms with E-state index in [1.54, 1.807) is 4.90 Å². The molecule has 0 unspecified atom stereocenters. The SMILES string of the molecule is CC(C)C(=O)N1CCC(C(=O)Nc2ccc(F)c(F)c2)CC1. The molecule has 2 rings (SSSR count). The summed E-state index contributed by atoms with van der Waals surface area (Å²) in [5.74, 6) is -2.33. The van der Waals surface area contributed by atoms with Crippen LogP contribution in [0.3, 0.4) is 0 Å². The van der Waals surface area contributed by atoms with E-state index in [9.17, 15) is 18.4 Å². The van der Waals surface area contributed by atoms with E-state index in [2.05, 4.69) is 5.32 Å². The molecule has 22 heavy (non-hydrogen) atoms. The Bertz CT molecular complexity index is 567. The average molecular weight is 310 g/mol. The normalized spacial score (nSPS) is 16.0. The van der Waals surface area contributed by atoms with E-state index in [1.165, 1.54) is 6.07 Å². The van der Waals surface area contributed by atoms with Crippen molar-refractivity contribution in [3.05, 3.63) is 29.8 Å². The Morgan fingerprint density at radius 2 is 1.82 bits per heavy atom. The Labute approximate surface area is 128 Å². The van der Waals surface area contributed by atoms with Crippen molar-refractivity contribution in [3.63, 3.8) is 0 Å². The minimum atomic E-state index is -0.991. The number of amides is 2. The first-order valence-electron chi connectivity index (χ1n) is 7.43. The van der Waals surface area contributed by atoms with E-state index in [1.807, 2.05) is 13.8 Å². The van der Waals surface area contributed by atoms with Crippen molar-refractivity contribution in [2.24, 2.45) is 11.8 Å². The molecular weight excluding hydrogens is 290 g/mol. The van der Waals surface area contributed by atoms with Crippen LogP contribution < -0.4 is 5.32 Å². The van der Waals surface area contributed by atoms with Crippen LogP contribution >= 0.6 is 0 Å². The summed E-state index contributed by atoms with van der Waals surface area (Å²) in [6.07, 6.45) is 1.15. The molecule has 4 nitrogen and oxygen atoms in total. The number of anilines is 1. The van der Waals surface area contributed by atoms with E-state index in [4.69, 9.17) is 0 Å². The summed E-state index contributed by atoms with van der Waals surface area (Å²) in [6.45, 7) is 4.80. The highest BCUT2D eigenvalue weighted by Gasteiger charge is 2.28. The zero-order valence-corrected chi connectivity index (χ0v) is 12.7. The number of carbonyl (C=O) groups is 2. The van der Waals surface area contributed by atoms with Gasteiger partial charge in [-0.2, -0.15) is 0 Å². The zero-order chi connectivity index (χ0) is 16.3. The van der Waals surface area contributed by atoms with Gasteiger partial charge in [0, 0.05) is 36.7 Å². The summed E-state index contributed by atoms with van der Waals surface area (Å²) < 4.78 is 26.0. The molecule has 0 spiro atoms. The zero-order valence-electron chi connectivity index (χ0n) is 12.7. The van der Waals surface area contributed by atoms with Crippen molar-refractivity contribution < 1.29 is 18.4 Å². The van der Waals surface area contributed by atoms with Crippen molar-refractivity contribution >= 4 is 17.5 Å². The lowest BCUT2D eigenvalue weighted by Crippen LogP contribution is -2.43. The van der Waals surface area contributed by atoms with Crippen molar-refractivity contribution in [3.8, 4) is 0 Å². The van der Waals surface area contributed by atoms with Gasteiger partial charge in [-0.3, -0.25) is 9.59 Å². The van der Waals surface area contributed by atoms with Crippen LogP contribution in [-0.2, 0) is 9.59 Å². The molecule has 0 aliphatic carbocycles. The molecule has 0 saturated carbocycles. The second-order valence-electron chi connectivity index (χ2n) is 5.87. The highest BCUT2D eigenvalue weighted by molar-refractivity contribution is 5.92. The maximum atomic E-state index is 13.1. The molecule has 1 aliphatic heterocycles. The van der Waals surface area contributed by atoms with Gasteiger partial charge in [0.15, 0.2) is 11.6 Å². The molecule has 1 aliphatic rings. The number of hydrogen-bond donors (Lipinski definition) is 1. The number of nitrogens with one attached hydrogen (secondary N) is 1. The number of rotatable bonds is 3. The lowest BCUT2D eigenvalue weighted by atomic mass is 9.95. The topological polar surface area (TPSA) is 49.4 Å². The summed E-state index contributed by atoms with van der Waals surface area (Å²) in [5.41, 5.74) is 0.240. The first-order chi connectivity index (χ1) is 10.4. The molecule has 0 aromatic heterocycles. The van der Waals surface area contributed by atoms with Crippen molar-refractivity contribution in [2.75, 3.05) is 18.4 Å². The number of carbonyl (C=O) groups excluding carboxylic acids is 2. The van der Waals surface area contributed by atoms with E-state index in [-0.39, 0.29) is 29.3 Å². The Hall–Kier alpha value is -1.98. The molecule has 0 radical (unpaired) electrons. The highest BCUT2D eigenvalue weighted by atomic mass is 19.2. The van der Waals surface area contributed by atoms with Crippen molar-refractivity contribution in [1.82, 2.24) is 4.90 Å². The lowest BCUT2D eigenvalue weighted by molar-refractivity contribution is -0.137. The van der Waals surface area contributed by atoms with Gasteiger partial charge in [0.2, 0.25) is 11.8 Å². The molecule has 1 heterocycles. The van der Waals surface area contributed by atoms with E-state index >= 15 is 0 Å². The van der Waals surface area contributed by atoms with E-state index in [0.29, 0.717) is 25.9 Å². The number of benzene rings is 1. The predicted molar refractivity (Wildman–Crippen MR) is 79.1 cm³/mol. The van der Waals surface area contributed by atoms with Gasteiger partial charge in [0.1, 0.15) is 0 Å². The standard InChI is InChI=1S/C16H20F2N2O2/c1-10(2)16(22)20-7-5-11(6-8-20)15(21)19-12-3-4-13(17)14(18)9-12/h3-4,9-11H,5-8H2,1-2H3,(H,19,21). The van der Waals surface area contributed by atoms with Crippen LogP contribution in [0.25, 0.3) is 0 Å². The number of nitrogens with zero attached hydrogens (tertiary/aromatic N) is 1. The molecule has 1 saturated heterocycles. The molecule has 1 aromatic rings. The van der Waals surface area contributed by atoms with Gasteiger partial charge in [-0.15, -0.1) is 0 Å². The largest absolute Gasteiger partial charge is 0.342 e. The second-order valence-corrected chi connectivity index (χ2v) is 5.87. The van der Waals surface area contributed by atoms with Gasteiger partial charge in [-0.1, -0.05) is 13.8 Å². The third-order valence-corrected chi connectivity index (χ3v) is 3.86. The Morgan fingerprint density at radius 3 is 2.36 bits per heavy atom. The van der Waals surface area contributed by atoms with Gasteiger partial charge in [-0.05, 0) is 25.0 Å². The second kappa shape index (κ2) is 6.85. The third-order valence-electron chi connectivity index (χ3n) is 3.86. The molecule has 120 valence electrons. The van der Waals surface area contributed by atoms with Gasteiger partial charge >= 0.3 is 0 Å². The first-order valence-corrected chi connectivity index (χ1v) is 7.43. The maximum absolute atomic E-state index is 13.1. The van der Waals surface area contributed by atoms with Crippen molar-refractivity contribution in [1.29, 1.82) is 0 Å².